The number of pyridine rings is 1. The van der Waals surface area contributed by atoms with Crippen LogP contribution in [0.5, 0.6) is 0 Å². The van der Waals surface area contributed by atoms with Crippen LogP contribution in [-0.4, -0.2) is 10.9 Å². The summed E-state index contributed by atoms with van der Waals surface area (Å²) in [5.41, 5.74) is 0.961. The SMILES string of the molecule is CC(=O)[N-]Cc1cccnc1.[Na+]. The first kappa shape index (κ1) is 11.6. The molecule has 0 bridgehead atoms. The van der Waals surface area contributed by atoms with Crippen LogP contribution in [0.4, 0.5) is 0 Å². The largest absolute Gasteiger partial charge is 1.00 e. The Labute approximate surface area is 93.9 Å². The van der Waals surface area contributed by atoms with E-state index < -0.39 is 0 Å². The summed E-state index contributed by atoms with van der Waals surface area (Å²) in [6, 6.07) is 3.71. The summed E-state index contributed by atoms with van der Waals surface area (Å²) < 4.78 is 0. The Morgan fingerprint density at radius 2 is 2.42 bits per heavy atom. The third-order valence-electron chi connectivity index (χ3n) is 1.21. The van der Waals surface area contributed by atoms with Crippen molar-refractivity contribution in [2.45, 2.75) is 13.5 Å². The van der Waals surface area contributed by atoms with Crippen molar-refractivity contribution in [3.63, 3.8) is 0 Å². The van der Waals surface area contributed by atoms with Gasteiger partial charge in [-0.25, -0.2) is 0 Å². The summed E-state index contributed by atoms with van der Waals surface area (Å²) in [5, 5.41) is 3.72. The van der Waals surface area contributed by atoms with Gasteiger partial charge in [-0.2, -0.15) is 0 Å². The first-order valence-corrected chi connectivity index (χ1v) is 3.36. The first-order valence-electron chi connectivity index (χ1n) is 3.36. The van der Waals surface area contributed by atoms with E-state index in [1.165, 1.54) is 6.92 Å². The predicted octanol–water partition coefficient (Wildman–Crippen LogP) is -1.49. The molecule has 1 aromatic heterocycles. The van der Waals surface area contributed by atoms with Crippen molar-refractivity contribution in [3.05, 3.63) is 35.4 Å². The number of amides is 1. The summed E-state index contributed by atoms with van der Waals surface area (Å²) >= 11 is 0. The number of carbonyl (C=O) groups is 1. The minimum absolute atomic E-state index is 0. The van der Waals surface area contributed by atoms with Crippen LogP contribution in [0.15, 0.2) is 24.5 Å². The second-order valence-electron chi connectivity index (χ2n) is 2.20. The van der Waals surface area contributed by atoms with Crippen LogP contribution in [0.2, 0.25) is 0 Å². The van der Waals surface area contributed by atoms with Gasteiger partial charge in [0, 0.05) is 18.3 Å². The van der Waals surface area contributed by atoms with E-state index in [4.69, 9.17) is 0 Å². The Morgan fingerprint density at radius 1 is 1.67 bits per heavy atom. The number of rotatable bonds is 2. The van der Waals surface area contributed by atoms with Crippen molar-refractivity contribution in [3.8, 4) is 0 Å². The molecule has 0 N–H and O–H groups in total. The molecule has 0 spiro atoms. The van der Waals surface area contributed by atoms with Gasteiger partial charge >= 0.3 is 29.6 Å². The number of nitrogens with zero attached hydrogens (tertiary/aromatic N) is 2. The molecule has 0 aliphatic heterocycles. The van der Waals surface area contributed by atoms with Crippen molar-refractivity contribution >= 4 is 5.91 Å². The molecule has 0 saturated carbocycles. The molecule has 1 aromatic rings. The second-order valence-corrected chi connectivity index (χ2v) is 2.20. The minimum atomic E-state index is -0.145. The minimum Gasteiger partial charge on any atom is -0.650 e. The van der Waals surface area contributed by atoms with Crippen molar-refractivity contribution in [2.24, 2.45) is 0 Å². The fourth-order valence-corrected chi connectivity index (χ4v) is 0.694. The molecule has 0 fully saturated rings. The molecule has 0 saturated heterocycles. The van der Waals surface area contributed by atoms with E-state index in [2.05, 4.69) is 10.3 Å². The molecule has 1 rings (SSSR count). The normalized spacial score (nSPS) is 8.42. The van der Waals surface area contributed by atoms with Gasteiger partial charge in [-0.05, 0) is 18.6 Å². The van der Waals surface area contributed by atoms with Gasteiger partial charge in [-0.3, -0.25) is 4.98 Å². The molecule has 1 heterocycles. The molecule has 1 amide bonds. The molecule has 0 atom stereocenters. The van der Waals surface area contributed by atoms with Crippen LogP contribution in [0.3, 0.4) is 0 Å². The summed E-state index contributed by atoms with van der Waals surface area (Å²) in [6.07, 6.45) is 3.39. The van der Waals surface area contributed by atoms with Crippen molar-refractivity contribution in [1.82, 2.24) is 4.98 Å². The van der Waals surface area contributed by atoms with E-state index in [0.717, 1.165) is 5.56 Å². The van der Waals surface area contributed by atoms with Crippen LogP contribution < -0.4 is 29.6 Å². The second kappa shape index (κ2) is 6.17. The third kappa shape index (κ3) is 4.49. The van der Waals surface area contributed by atoms with E-state index in [0.29, 0.717) is 6.54 Å². The smallest absolute Gasteiger partial charge is 0.650 e. The van der Waals surface area contributed by atoms with Crippen LogP contribution in [0, 0.1) is 0 Å². The van der Waals surface area contributed by atoms with Crippen molar-refractivity contribution < 1.29 is 34.4 Å². The zero-order valence-corrected chi connectivity index (χ0v) is 9.32. The Balaban J connectivity index is 0.00000121. The molecule has 0 aliphatic rings. The Kier molecular flexibility index (Phi) is 5.98. The number of carbonyl (C=O) groups excluding carboxylic acids is 1. The van der Waals surface area contributed by atoms with E-state index >= 15 is 0 Å². The van der Waals surface area contributed by atoms with Gasteiger partial charge < -0.3 is 10.1 Å². The summed E-state index contributed by atoms with van der Waals surface area (Å²) in [6.45, 7) is 1.87. The maximum Gasteiger partial charge on any atom is 1.00 e. The number of aromatic nitrogens is 1. The Hall–Kier alpha value is -0.380. The van der Waals surface area contributed by atoms with Crippen LogP contribution >= 0.6 is 0 Å². The van der Waals surface area contributed by atoms with Gasteiger partial charge in [0.2, 0.25) is 0 Å². The fourth-order valence-electron chi connectivity index (χ4n) is 0.694. The topological polar surface area (TPSA) is 44.1 Å². The van der Waals surface area contributed by atoms with Crippen molar-refractivity contribution in [1.29, 1.82) is 0 Å². The molecular formula is C8H9N2NaO. The predicted molar refractivity (Wildman–Crippen MR) is 42.0 cm³/mol. The van der Waals surface area contributed by atoms with E-state index in [9.17, 15) is 4.79 Å². The maximum absolute atomic E-state index is 10.4. The molecular weight excluding hydrogens is 163 g/mol. The average molecular weight is 172 g/mol. The maximum atomic E-state index is 10.4. The van der Waals surface area contributed by atoms with Crippen LogP contribution in [0.1, 0.15) is 12.5 Å². The van der Waals surface area contributed by atoms with E-state index in [-0.39, 0.29) is 35.5 Å². The zero-order chi connectivity index (χ0) is 8.10. The fraction of sp³-hybridized carbons (Fsp3) is 0.250. The van der Waals surface area contributed by atoms with Gasteiger partial charge in [-0.1, -0.05) is 6.07 Å². The molecule has 12 heavy (non-hydrogen) atoms. The Morgan fingerprint density at radius 3 is 2.92 bits per heavy atom. The van der Waals surface area contributed by atoms with Gasteiger partial charge in [0.05, 0.1) is 0 Å². The van der Waals surface area contributed by atoms with Gasteiger partial charge in [0.1, 0.15) is 0 Å². The van der Waals surface area contributed by atoms with E-state index in [1.807, 2.05) is 12.1 Å². The van der Waals surface area contributed by atoms with Gasteiger partial charge in [0.25, 0.3) is 0 Å². The monoisotopic (exact) mass is 172 g/mol. The molecule has 0 aromatic carbocycles. The number of hydrogen-bond acceptors (Lipinski definition) is 2. The van der Waals surface area contributed by atoms with Gasteiger partial charge in [0.15, 0.2) is 0 Å². The molecule has 0 radical (unpaired) electrons. The summed E-state index contributed by atoms with van der Waals surface area (Å²) in [5.74, 6) is -0.145. The molecule has 58 valence electrons. The van der Waals surface area contributed by atoms with Crippen molar-refractivity contribution in [2.75, 3.05) is 0 Å². The Bertz CT molecular complexity index is 238. The standard InChI is InChI=1S/C8H10N2O.Na/c1-7(11)10-6-8-3-2-4-9-5-8;/h2-5H,6H2,1H3,(H,10,11);/q;+1/p-1. The van der Waals surface area contributed by atoms with Crippen LogP contribution in [0.25, 0.3) is 5.32 Å². The molecule has 0 aliphatic carbocycles. The van der Waals surface area contributed by atoms with Gasteiger partial charge in [-0.15, -0.1) is 6.54 Å². The summed E-state index contributed by atoms with van der Waals surface area (Å²) in [7, 11) is 0. The summed E-state index contributed by atoms with van der Waals surface area (Å²) in [4.78, 5) is 14.3. The third-order valence-corrected chi connectivity index (χ3v) is 1.21. The molecule has 4 heteroatoms. The van der Waals surface area contributed by atoms with E-state index in [1.54, 1.807) is 12.4 Å². The number of hydrogen-bond donors (Lipinski definition) is 0. The average Bonchev–Trinajstić information content (AvgIpc) is 2.03. The zero-order valence-electron chi connectivity index (χ0n) is 7.32. The van der Waals surface area contributed by atoms with Crippen LogP contribution in [-0.2, 0) is 11.3 Å². The quantitative estimate of drug-likeness (QED) is 0.510. The first-order chi connectivity index (χ1) is 5.29. The molecule has 3 nitrogen and oxygen atoms in total. The molecule has 0 unspecified atom stereocenters.